The Morgan fingerprint density at radius 2 is 1.63 bits per heavy atom. The van der Waals surface area contributed by atoms with Crippen molar-refractivity contribution < 1.29 is 17.6 Å². The molecule has 6 nitrogen and oxygen atoms in total. The first-order valence-corrected chi connectivity index (χ1v) is 10.7. The molecule has 0 saturated carbocycles. The molecule has 0 atom stereocenters. The van der Waals surface area contributed by atoms with Gasteiger partial charge in [0.2, 0.25) is 0 Å². The molecule has 0 bridgehead atoms. The second kappa shape index (κ2) is 8.04. The molecule has 3 aromatic carbocycles. The van der Waals surface area contributed by atoms with Crippen molar-refractivity contribution in [3.05, 3.63) is 101 Å². The van der Waals surface area contributed by atoms with Gasteiger partial charge in [-0.05, 0) is 54.1 Å². The normalized spacial score (nSPS) is 11.4. The van der Waals surface area contributed by atoms with Crippen molar-refractivity contribution in [2.75, 3.05) is 11.4 Å². The first-order valence-electron chi connectivity index (χ1n) is 9.22. The van der Waals surface area contributed by atoms with Crippen LogP contribution in [0, 0.1) is 0 Å². The quantitative estimate of drug-likeness (QED) is 0.436. The van der Waals surface area contributed by atoms with Gasteiger partial charge in [0, 0.05) is 11.5 Å². The lowest BCUT2D eigenvalue weighted by atomic mass is 10.2. The Morgan fingerprint density at radius 3 is 2.33 bits per heavy atom. The SMILES string of the molecule is COc1ccc(N(Cc2ccccc2)S(=O)(=O)c2ccc3oc(=O)ccc3c2)cc1. The van der Waals surface area contributed by atoms with Gasteiger partial charge < -0.3 is 9.15 Å². The minimum Gasteiger partial charge on any atom is -0.497 e. The van der Waals surface area contributed by atoms with Gasteiger partial charge in [0.15, 0.2) is 0 Å². The number of sulfonamides is 1. The lowest BCUT2D eigenvalue weighted by Gasteiger charge is -2.25. The fraction of sp³-hybridized carbons (Fsp3) is 0.0870. The molecule has 0 amide bonds. The number of fused-ring (bicyclic) bond motifs is 1. The summed E-state index contributed by atoms with van der Waals surface area (Å²) in [7, 11) is -2.34. The maximum atomic E-state index is 13.6. The minimum atomic E-state index is -3.90. The summed E-state index contributed by atoms with van der Waals surface area (Å²) in [6.45, 7) is 0.164. The van der Waals surface area contributed by atoms with Crippen LogP contribution in [0.5, 0.6) is 5.75 Å². The molecule has 0 aliphatic rings. The van der Waals surface area contributed by atoms with Crippen LogP contribution in [0.25, 0.3) is 11.0 Å². The van der Waals surface area contributed by atoms with Gasteiger partial charge >= 0.3 is 5.63 Å². The zero-order valence-electron chi connectivity index (χ0n) is 16.2. The first kappa shape index (κ1) is 19.7. The van der Waals surface area contributed by atoms with Gasteiger partial charge in [-0.25, -0.2) is 13.2 Å². The zero-order valence-corrected chi connectivity index (χ0v) is 17.0. The molecule has 0 spiro atoms. The van der Waals surface area contributed by atoms with Crippen molar-refractivity contribution in [2.45, 2.75) is 11.4 Å². The van der Waals surface area contributed by atoms with Crippen LogP contribution in [0.2, 0.25) is 0 Å². The summed E-state index contributed by atoms with van der Waals surface area (Å²) < 4.78 is 38.9. The van der Waals surface area contributed by atoms with Crippen molar-refractivity contribution in [3.8, 4) is 5.75 Å². The van der Waals surface area contributed by atoms with Crippen molar-refractivity contribution in [2.24, 2.45) is 0 Å². The lowest BCUT2D eigenvalue weighted by Crippen LogP contribution is -2.30. The van der Waals surface area contributed by atoms with Gasteiger partial charge in [-0.3, -0.25) is 4.31 Å². The van der Waals surface area contributed by atoms with Crippen LogP contribution in [0.4, 0.5) is 5.69 Å². The number of ether oxygens (including phenoxy) is 1. The van der Waals surface area contributed by atoms with Crippen LogP contribution >= 0.6 is 0 Å². The molecule has 0 radical (unpaired) electrons. The largest absolute Gasteiger partial charge is 0.497 e. The van der Waals surface area contributed by atoms with Crippen molar-refractivity contribution in [3.63, 3.8) is 0 Å². The Bertz CT molecular complexity index is 1330. The molecule has 1 aromatic heterocycles. The van der Waals surface area contributed by atoms with E-state index in [4.69, 9.17) is 9.15 Å². The standard InChI is InChI=1S/C23H19NO5S/c1-28-20-10-8-19(9-11-20)24(16-17-5-3-2-4-6-17)30(26,27)21-12-13-22-18(15-21)7-14-23(25)29-22/h2-15H,16H2,1H3. The maximum Gasteiger partial charge on any atom is 0.336 e. The van der Waals surface area contributed by atoms with Gasteiger partial charge in [-0.15, -0.1) is 0 Å². The van der Waals surface area contributed by atoms with Crippen LogP contribution in [-0.2, 0) is 16.6 Å². The Hall–Kier alpha value is -3.58. The average molecular weight is 421 g/mol. The predicted molar refractivity (Wildman–Crippen MR) is 115 cm³/mol. The van der Waals surface area contributed by atoms with Crippen molar-refractivity contribution in [1.29, 1.82) is 0 Å². The second-order valence-electron chi connectivity index (χ2n) is 6.65. The fourth-order valence-corrected chi connectivity index (χ4v) is 4.64. The highest BCUT2D eigenvalue weighted by Gasteiger charge is 2.26. The zero-order chi connectivity index (χ0) is 21.1. The Morgan fingerprint density at radius 1 is 0.900 bits per heavy atom. The molecule has 30 heavy (non-hydrogen) atoms. The van der Waals surface area contributed by atoms with Crippen molar-refractivity contribution in [1.82, 2.24) is 0 Å². The lowest BCUT2D eigenvalue weighted by molar-refractivity contribution is 0.415. The summed E-state index contributed by atoms with van der Waals surface area (Å²) in [6.07, 6.45) is 0. The monoisotopic (exact) mass is 421 g/mol. The van der Waals surface area contributed by atoms with E-state index in [0.717, 1.165) is 5.56 Å². The van der Waals surface area contributed by atoms with Gasteiger partial charge in [0.25, 0.3) is 10.0 Å². The summed E-state index contributed by atoms with van der Waals surface area (Å²) in [5.74, 6) is 0.636. The third-order valence-corrected chi connectivity index (χ3v) is 6.48. The minimum absolute atomic E-state index is 0.107. The molecule has 152 valence electrons. The summed E-state index contributed by atoms with van der Waals surface area (Å²) in [5, 5.41) is 0.532. The fourth-order valence-electron chi connectivity index (χ4n) is 3.15. The average Bonchev–Trinajstić information content (AvgIpc) is 2.77. The Kier molecular flexibility index (Phi) is 5.29. The van der Waals surface area contributed by atoms with Gasteiger partial charge in [0.1, 0.15) is 11.3 Å². The second-order valence-corrected chi connectivity index (χ2v) is 8.51. The van der Waals surface area contributed by atoms with E-state index in [0.29, 0.717) is 22.4 Å². The highest BCUT2D eigenvalue weighted by atomic mass is 32.2. The van der Waals surface area contributed by atoms with Crippen LogP contribution in [0.1, 0.15) is 5.56 Å². The molecule has 0 fully saturated rings. The number of methoxy groups -OCH3 is 1. The molecule has 0 aliphatic heterocycles. The van der Waals surface area contributed by atoms with Gasteiger partial charge in [-0.1, -0.05) is 30.3 Å². The van der Waals surface area contributed by atoms with Crippen LogP contribution in [0.15, 0.2) is 99.0 Å². The Balaban J connectivity index is 1.81. The summed E-state index contributed by atoms with van der Waals surface area (Å²) in [5.41, 5.74) is 1.21. The predicted octanol–water partition coefficient (Wildman–Crippen LogP) is 4.20. The highest BCUT2D eigenvalue weighted by molar-refractivity contribution is 7.92. The van der Waals surface area contributed by atoms with E-state index < -0.39 is 15.6 Å². The van der Waals surface area contributed by atoms with Crippen LogP contribution in [-0.4, -0.2) is 15.5 Å². The summed E-state index contributed by atoms with van der Waals surface area (Å²) in [4.78, 5) is 11.5. The molecule has 4 rings (SSSR count). The smallest absolute Gasteiger partial charge is 0.336 e. The number of rotatable bonds is 6. The van der Waals surface area contributed by atoms with Crippen LogP contribution in [0.3, 0.4) is 0 Å². The van der Waals surface area contributed by atoms with E-state index in [1.165, 1.54) is 28.6 Å². The molecule has 1 heterocycles. The van der Waals surface area contributed by atoms with Gasteiger partial charge in [0.05, 0.1) is 24.2 Å². The number of anilines is 1. The number of nitrogens with zero attached hydrogens (tertiary/aromatic N) is 1. The van der Waals surface area contributed by atoms with Crippen LogP contribution < -0.4 is 14.7 Å². The maximum absolute atomic E-state index is 13.6. The van der Waals surface area contributed by atoms with E-state index in [-0.39, 0.29) is 11.4 Å². The summed E-state index contributed by atoms with van der Waals surface area (Å²) in [6, 6.07) is 23.5. The number of hydrogen-bond donors (Lipinski definition) is 0. The molecule has 7 heteroatoms. The molecule has 4 aromatic rings. The first-order chi connectivity index (χ1) is 14.5. The van der Waals surface area contributed by atoms with E-state index in [1.807, 2.05) is 30.3 Å². The topological polar surface area (TPSA) is 76.8 Å². The Labute approximate surface area is 174 Å². The third kappa shape index (κ3) is 3.92. The summed E-state index contributed by atoms with van der Waals surface area (Å²) >= 11 is 0. The van der Waals surface area contributed by atoms with E-state index >= 15 is 0 Å². The van der Waals surface area contributed by atoms with Crippen molar-refractivity contribution >= 4 is 26.7 Å². The molecule has 0 saturated heterocycles. The molecule has 0 aliphatic carbocycles. The third-order valence-electron chi connectivity index (χ3n) is 4.71. The number of hydrogen-bond acceptors (Lipinski definition) is 5. The molecule has 0 unspecified atom stereocenters. The van der Waals surface area contributed by atoms with Gasteiger partial charge in [-0.2, -0.15) is 0 Å². The molecular weight excluding hydrogens is 402 g/mol. The van der Waals surface area contributed by atoms with E-state index in [2.05, 4.69) is 0 Å². The highest BCUT2D eigenvalue weighted by Crippen LogP contribution is 2.29. The van der Waals surface area contributed by atoms with E-state index in [9.17, 15) is 13.2 Å². The molecule has 0 N–H and O–H groups in total. The molecular formula is C23H19NO5S. The van der Waals surface area contributed by atoms with E-state index in [1.54, 1.807) is 37.4 Å². The number of benzene rings is 3.